The molecule has 0 fully saturated rings. The van der Waals surface area contributed by atoms with Gasteiger partial charge in [-0.1, -0.05) is 84.0 Å². The SMILES string of the molecule is CC(C)(C)C1=CC2=CC(C(C)(C)C)P(c3ccccc3)C2=C1. The summed E-state index contributed by atoms with van der Waals surface area (Å²) in [6, 6.07) is 11.1. The number of fused-ring (bicyclic) bond motifs is 1. The van der Waals surface area contributed by atoms with Crippen molar-refractivity contribution in [2.24, 2.45) is 10.8 Å². The van der Waals surface area contributed by atoms with Crippen LogP contribution in [0.4, 0.5) is 0 Å². The summed E-state index contributed by atoms with van der Waals surface area (Å²) in [6.45, 7) is 14.1. The second-order valence-electron chi connectivity index (χ2n) is 8.52. The minimum absolute atomic E-state index is 0.229. The van der Waals surface area contributed by atoms with E-state index in [1.54, 1.807) is 5.31 Å². The van der Waals surface area contributed by atoms with Crippen molar-refractivity contribution in [3.05, 3.63) is 65.0 Å². The van der Waals surface area contributed by atoms with E-state index in [0.29, 0.717) is 11.1 Å². The zero-order valence-corrected chi connectivity index (χ0v) is 15.5. The lowest BCUT2D eigenvalue weighted by molar-refractivity contribution is 0.430. The Kier molecular flexibility index (Phi) is 3.73. The Bertz CT molecular complexity index is 660. The first-order valence-electron chi connectivity index (χ1n) is 8.18. The molecule has 1 heterocycles. The van der Waals surface area contributed by atoms with Crippen molar-refractivity contribution in [1.29, 1.82) is 0 Å². The molecule has 3 rings (SSSR count). The van der Waals surface area contributed by atoms with Crippen LogP contribution < -0.4 is 5.30 Å². The molecule has 2 atom stereocenters. The zero-order chi connectivity index (χ0) is 16.1. The first kappa shape index (κ1) is 15.8. The van der Waals surface area contributed by atoms with Crippen LogP contribution in [0.1, 0.15) is 41.5 Å². The zero-order valence-electron chi connectivity index (χ0n) is 14.6. The van der Waals surface area contributed by atoms with E-state index in [1.807, 2.05) is 0 Å². The van der Waals surface area contributed by atoms with Gasteiger partial charge in [-0.15, -0.1) is 0 Å². The molecule has 0 spiro atoms. The van der Waals surface area contributed by atoms with Crippen molar-refractivity contribution in [3.63, 3.8) is 0 Å². The number of hydrogen-bond acceptors (Lipinski definition) is 0. The lowest BCUT2D eigenvalue weighted by atomic mass is 9.87. The fourth-order valence-electron chi connectivity index (χ4n) is 3.21. The van der Waals surface area contributed by atoms with Crippen LogP contribution >= 0.6 is 7.92 Å². The summed E-state index contributed by atoms with van der Waals surface area (Å²) in [5.74, 6) is 0. The summed E-state index contributed by atoms with van der Waals surface area (Å²) in [4.78, 5) is 0. The highest BCUT2D eigenvalue weighted by Gasteiger charge is 2.41. The Morgan fingerprint density at radius 1 is 0.864 bits per heavy atom. The summed E-state index contributed by atoms with van der Waals surface area (Å²) in [7, 11) is -0.289. The summed E-state index contributed by atoms with van der Waals surface area (Å²) >= 11 is 0. The lowest BCUT2D eigenvalue weighted by Gasteiger charge is -2.33. The predicted octanol–water partition coefficient (Wildman–Crippen LogP) is 6.02. The molecule has 1 aromatic carbocycles. The second kappa shape index (κ2) is 5.20. The van der Waals surface area contributed by atoms with E-state index < -0.39 is 0 Å². The van der Waals surface area contributed by atoms with Gasteiger partial charge in [-0.2, -0.15) is 0 Å². The molecular formula is C21H27P. The van der Waals surface area contributed by atoms with E-state index in [2.05, 4.69) is 90.1 Å². The van der Waals surface area contributed by atoms with Gasteiger partial charge in [0.2, 0.25) is 0 Å². The molecule has 0 saturated carbocycles. The quantitative estimate of drug-likeness (QED) is 0.556. The van der Waals surface area contributed by atoms with Gasteiger partial charge in [0, 0.05) is 5.66 Å². The maximum atomic E-state index is 2.54. The second-order valence-corrected chi connectivity index (χ2v) is 10.8. The van der Waals surface area contributed by atoms with Crippen molar-refractivity contribution in [1.82, 2.24) is 0 Å². The van der Waals surface area contributed by atoms with Gasteiger partial charge >= 0.3 is 0 Å². The summed E-state index contributed by atoms with van der Waals surface area (Å²) < 4.78 is 0. The molecular weight excluding hydrogens is 283 g/mol. The van der Waals surface area contributed by atoms with E-state index in [0.717, 1.165) is 0 Å². The minimum atomic E-state index is -0.289. The fraction of sp³-hybridized carbons (Fsp3) is 0.429. The van der Waals surface area contributed by atoms with Crippen molar-refractivity contribution >= 4 is 13.2 Å². The van der Waals surface area contributed by atoms with Crippen molar-refractivity contribution < 1.29 is 0 Å². The summed E-state index contributed by atoms with van der Waals surface area (Å²) in [6.07, 6.45) is 7.46. The van der Waals surface area contributed by atoms with E-state index in [4.69, 9.17) is 0 Å². The standard InChI is InChI=1S/C21H27P/c1-20(2,3)16-12-15-13-19(21(4,5)6)22(18(15)14-16)17-10-8-7-9-11-17/h7-14,19H,1-6H3. The van der Waals surface area contributed by atoms with Gasteiger partial charge in [0.05, 0.1) is 0 Å². The average molecular weight is 310 g/mol. The Morgan fingerprint density at radius 3 is 2.05 bits per heavy atom. The highest BCUT2D eigenvalue weighted by Crippen LogP contribution is 2.64. The Morgan fingerprint density at radius 2 is 1.50 bits per heavy atom. The smallest absolute Gasteiger partial charge is 0.0109 e. The molecule has 2 aliphatic rings. The maximum Gasteiger partial charge on any atom is 0.0109 e. The Labute approximate surface area is 136 Å². The molecule has 0 aromatic heterocycles. The molecule has 0 bridgehead atoms. The van der Waals surface area contributed by atoms with Gasteiger partial charge in [-0.05, 0) is 46.6 Å². The molecule has 0 saturated heterocycles. The van der Waals surface area contributed by atoms with Crippen LogP contribution in [0.3, 0.4) is 0 Å². The van der Waals surface area contributed by atoms with Gasteiger partial charge in [-0.25, -0.2) is 0 Å². The highest BCUT2D eigenvalue weighted by atomic mass is 31.1. The van der Waals surface area contributed by atoms with Crippen LogP contribution in [-0.2, 0) is 0 Å². The molecule has 0 nitrogen and oxygen atoms in total. The van der Waals surface area contributed by atoms with Crippen LogP contribution in [0, 0.1) is 10.8 Å². The van der Waals surface area contributed by atoms with Gasteiger partial charge in [0.1, 0.15) is 0 Å². The molecule has 1 heteroatoms. The van der Waals surface area contributed by atoms with Gasteiger partial charge in [0.25, 0.3) is 0 Å². The third-order valence-corrected chi connectivity index (χ3v) is 7.80. The van der Waals surface area contributed by atoms with Crippen LogP contribution in [-0.4, -0.2) is 5.66 Å². The lowest BCUT2D eigenvalue weighted by Crippen LogP contribution is -2.24. The average Bonchev–Trinajstić information content (AvgIpc) is 2.95. The van der Waals surface area contributed by atoms with Crippen LogP contribution in [0.15, 0.2) is 65.0 Å². The third-order valence-electron chi connectivity index (χ3n) is 4.56. The first-order chi connectivity index (χ1) is 10.2. The van der Waals surface area contributed by atoms with Gasteiger partial charge in [0.15, 0.2) is 0 Å². The molecule has 0 amide bonds. The largest absolute Gasteiger partial charge is 0.0680 e. The number of rotatable bonds is 1. The van der Waals surface area contributed by atoms with Gasteiger partial charge in [-0.3, -0.25) is 0 Å². The molecule has 22 heavy (non-hydrogen) atoms. The normalized spacial score (nSPS) is 24.7. The minimum Gasteiger partial charge on any atom is -0.0680 e. The van der Waals surface area contributed by atoms with Crippen molar-refractivity contribution in [2.45, 2.75) is 47.2 Å². The highest BCUT2D eigenvalue weighted by molar-refractivity contribution is 7.71. The number of benzene rings is 1. The molecule has 0 N–H and O–H groups in total. The maximum absolute atomic E-state index is 2.54. The summed E-state index contributed by atoms with van der Waals surface area (Å²) in [5.41, 5.74) is 4.12. The number of allylic oxidation sites excluding steroid dienone is 6. The topological polar surface area (TPSA) is 0 Å². The van der Waals surface area contributed by atoms with Crippen LogP contribution in [0.2, 0.25) is 0 Å². The Hall–Kier alpha value is -1.13. The third kappa shape index (κ3) is 2.74. The van der Waals surface area contributed by atoms with Gasteiger partial charge < -0.3 is 0 Å². The van der Waals surface area contributed by atoms with Crippen molar-refractivity contribution in [2.75, 3.05) is 0 Å². The van der Waals surface area contributed by atoms with E-state index >= 15 is 0 Å². The molecule has 1 aliphatic heterocycles. The Balaban J connectivity index is 2.08. The fourth-order valence-corrected chi connectivity index (χ4v) is 6.38. The number of hydrogen-bond donors (Lipinski definition) is 0. The molecule has 116 valence electrons. The summed E-state index contributed by atoms with van der Waals surface area (Å²) in [5, 5.41) is 3.10. The molecule has 0 radical (unpaired) electrons. The van der Waals surface area contributed by atoms with E-state index in [9.17, 15) is 0 Å². The monoisotopic (exact) mass is 310 g/mol. The molecule has 2 unspecified atom stereocenters. The van der Waals surface area contributed by atoms with Crippen LogP contribution in [0.5, 0.6) is 0 Å². The predicted molar refractivity (Wildman–Crippen MR) is 99.9 cm³/mol. The van der Waals surface area contributed by atoms with E-state index in [1.165, 1.54) is 16.5 Å². The molecule has 1 aliphatic carbocycles. The van der Waals surface area contributed by atoms with E-state index in [-0.39, 0.29) is 13.3 Å². The molecule has 1 aromatic rings. The van der Waals surface area contributed by atoms with Crippen molar-refractivity contribution in [3.8, 4) is 0 Å². The first-order valence-corrected chi connectivity index (χ1v) is 9.59. The van der Waals surface area contributed by atoms with Crippen LogP contribution in [0.25, 0.3) is 0 Å².